The molecule has 2 aromatic rings. The summed E-state index contributed by atoms with van der Waals surface area (Å²) in [7, 11) is 0. The number of nitrogens with one attached hydrogen (secondary N) is 1. The highest BCUT2D eigenvalue weighted by Crippen LogP contribution is 2.18. The van der Waals surface area contributed by atoms with E-state index >= 15 is 0 Å². The van der Waals surface area contributed by atoms with Crippen LogP contribution in [0.2, 0.25) is 5.28 Å². The Balaban J connectivity index is 1.70. The molecule has 1 N–H and O–H groups in total. The fourth-order valence-electron chi connectivity index (χ4n) is 2.33. The monoisotopic (exact) mass is 316 g/mol. The van der Waals surface area contributed by atoms with Crippen molar-refractivity contribution in [1.29, 1.82) is 0 Å². The molecule has 1 aromatic carbocycles. The maximum absolute atomic E-state index is 5.98. The molecule has 1 saturated heterocycles. The van der Waals surface area contributed by atoms with E-state index in [-0.39, 0.29) is 5.28 Å². The van der Waals surface area contributed by atoms with Crippen LogP contribution in [0.5, 0.6) is 0 Å². The molecule has 0 amide bonds. The van der Waals surface area contributed by atoms with Crippen molar-refractivity contribution >= 4 is 29.7 Å². The van der Waals surface area contributed by atoms with Gasteiger partial charge in [0.2, 0.25) is 17.2 Å². The number of rotatable bonds is 4. The smallest absolute Gasteiger partial charge is 0.249 e. The number of anilines is 2. The Hall–Kier alpha value is -2.21. The second-order valence-corrected chi connectivity index (χ2v) is 5.39. The first kappa shape index (κ1) is 14.7. The zero-order chi connectivity index (χ0) is 15.2. The van der Waals surface area contributed by atoms with Crippen molar-refractivity contribution in [3.8, 4) is 0 Å². The number of halogens is 1. The van der Waals surface area contributed by atoms with E-state index in [0.717, 1.165) is 31.5 Å². The average molecular weight is 317 g/mol. The van der Waals surface area contributed by atoms with E-state index in [1.165, 1.54) is 6.42 Å². The van der Waals surface area contributed by atoms with Crippen LogP contribution >= 0.6 is 11.6 Å². The lowest BCUT2D eigenvalue weighted by atomic mass is 10.1. The van der Waals surface area contributed by atoms with E-state index in [4.69, 9.17) is 11.6 Å². The van der Waals surface area contributed by atoms with Crippen LogP contribution in [-0.2, 0) is 0 Å². The maximum atomic E-state index is 5.98. The first-order valence-electron chi connectivity index (χ1n) is 7.32. The highest BCUT2D eigenvalue weighted by Gasteiger charge is 2.15. The Morgan fingerprint density at radius 3 is 2.59 bits per heavy atom. The molecule has 0 aliphatic carbocycles. The van der Waals surface area contributed by atoms with Crippen LogP contribution in [-0.4, -0.2) is 34.3 Å². The predicted molar refractivity (Wildman–Crippen MR) is 88.6 cm³/mol. The predicted octanol–water partition coefficient (Wildman–Crippen LogP) is 2.96. The van der Waals surface area contributed by atoms with Crippen molar-refractivity contribution in [2.45, 2.75) is 19.3 Å². The molecule has 22 heavy (non-hydrogen) atoms. The SMILES string of the molecule is Clc1nc(NN=Cc2ccccc2)nc(N2CCCCC2)n1. The Kier molecular flexibility index (Phi) is 4.80. The van der Waals surface area contributed by atoms with Crippen molar-refractivity contribution in [2.24, 2.45) is 5.10 Å². The Labute approximate surface area is 134 Å². The van der Waals surface area contributed by atoms with E-state index in [9.17, 15) is 0 Å². The van der Waals surface area contributed by atoms with Gasteiger partial charge in [0, 0.05) is 13.1 Å². The van der Waals surface area contributed by atoms with Gasteiger partial charge >= 0.3 is 0 Å². The van der Waals surface area contributed by atoms with Crippen molar-refractivity contribution in [1.82, 2.24) is 15.0 Å². The standard InChI is InChI=1S/C15H17ClN6/c16-13-18-14(21-17-11-12-7-3-1-4-8-12)20-15(19-13)22-9-5-2-6-10-22/h1,3-4,7-8,11H,2,5-6,9-10H2,(H,18,19,20,21). The van der Waals surface area contributed by atoms with Crippen molar-refractivity contribution in [3.05, 3.63) is 41.2 Å². The van der Waals surface area contributed by atoms with Gasteiger partial charge in [-0.3, -0.25) is 0 Å². The highest BCUT2D eigenvalue weighted by atomic mass is 35.5. The summed E-state index contributed by atoms with van der Waals surface area (Å²) in [6.07, 6.45) is 5.26. The summed E-state index contributed by atoms with van der Waals surface area (Å²) < 4.78 is 0. The van der Waals surface area contributed by atoms with Gasteiger partial charge in [-0.2, -0.15) is 20.1 Å². The zero-order valence-electron chi connectivity index (χ0n) is 12.1. The van der Waals surface area contributed by atoms with Crippen molar-refractivity contribution in [3.63, 3.8) is 0 Å². The van der Waals surface area contributed by atoms with Gasteiger partial charge < -0.3 is 4.90 Å². The van der Waals surface area contributed by atoms with Crippen LogP contribution in [0.25, 0.3) is 0 Å². The summed E-state index contributed by atoms with van der Waals surface area (Å²) in [6.45, 7) is 1.90. The first-order chi connectivity index (χ1) is 10.8. The lowest BCUT2D eigenvalue weighted by molar-refractivity contribution is 0.567. The minimum atomic E-state index is 0.174. The fraction of sp³-hybridized carbons (Fsp3) is 0.333. The number of nitrogens with zero attached hydrogens (tertiary/aromatic N) is 5. The molecule has 1 aliphatic rings. The molecule has 0 saturated carbocycles. The summed E-state index contributed by atoms with van der Waals surface area (Å²) in [5.74, 6) is 0.963. The summed E-state index contributed by atoms with van der Waals surface area (Å²) in [5.41, 5.74) is 3.80. The van der Waals surface area contributed by atoms with Crippen molar-refractivity contribution < 1.29 is 0 Å². The number of benzene rings is 1. The Morgan fingerprint density at radius 1 is 1.05 bits per heavy atom. The van der Waals surface area contributed by atoms with E-state index in [1.807, 2.05) is 30.3 Å². The van der Waals surface area contributed by atoms with Crippen LogP contribution in [0, 0.1) is 0 Å². The number of aromatic nitrogens is 3. The van der Waals surface area contributed by atoms with E-state index in [2.05, 4.69) is 30.4 Å². The minimum Gasteiger partial charge on any atom is -0.341 e. The van der Waals surface area contributed by atoms with Crippen LogP contribution in [0.1, 0.15) is 24.8 Å². The Morgan fingerprint density at radius 2 is 1.82 bits per heavy atom. The van der Waals surface area contributed by atoms with E-state index < -0.39 is 0 Å². The summed E-state index contributed by atoms with van der Waals surface area (Å²) in [4.78, 5) is 14.8. The van der Waals surface area contributed by atoms with Gasteiger partial charge in [-0.15, -0.1) is 0 Å². The zero-order valence-corrected chi connectivity index (χ0v) is 12.9. The van der Waals surface area contributed by atoms with Crippen LogP contribution in [0.4, 0.5) is 11.9 Å². The van der Waals surface area contributed by atoms with Crippen LogP contribution < -0.4 is 10.3 Å². The van der Waals surface area contributed by atoms with E-state index in [0.29, 0.717) is 11.9 Å². The second-order valence-electron chi connectivity index (χ2n) is 5.06. The molecule has 0 atom stereocenters. The molecular formula is C15H17ClN6. The third kappa shape index (κ3) is 3.92. The molecule has 1 aromatic heterocycles. The minimum absolute atomic E-state index is 0.174. The lowest BCUT2D eigenvalue weighted by Crippen LogP contribution is -2.31. The average Bonchev–Trinajstić information content (AvgIpc) is 2.56. The molecule has 6 nitrogen and oxygen atoms in total. The normalized spacial score (nSPS) is 15.2. The molecular weight excluding hydrogens is 300 g/mol. The molecule has 0 bridgehead atoms. The molecule has 0 radical (unpaired) electrons. The quantitative estimate of drug-likeness (QED) is 0.694. The Bertz CT molecular complexity index is 640. The summed E-state index contributed by atoms with van der Waals surface area (Å²) >= 11 is 5.98. The van der Waals surface area contributed by atoms with Gasteiger partial charge in [0.15, 0.2) is 0 Å². The molecule has 2 heterocycles. The molecule has 114 valence electrons. The van der Waals surface area contributed by atoms with Gasteiger partial charge in [0.05, 0.1) is 6.21 Å². The molecule has 0 unspecified atom stereocenters. The van der Waals surface area contributed by atoms with Gasteiger partial charge in [-0.1, -0.05) is 30.3 Å². The summed E-state index contributed by atoms with van der Waals surface area (Å²) in [6, 6.07) is 9.79. The van der Waals surface area contributed by atoms with Crippen LogP contribution in [0.15, 0.2) is 35.4 Å². The number of hydrogen-bond acceptors (Lipinski definition) is 6. The van der Waals surface area contributed by atoms with Gasteiger partial charge in [-0.05, 0) is 36.4 Å². The molecule has 1 aliphatic heterocycles. The fourth-order valence-corrected chi connectivity index (χ4v) is 2.48. The number of hydrogen-bond donors (Lipinski definition) is 1. The largest absolute Gasteiger partial charge is 0.341 e. The molecule has 0 spiro atoms. The third-order valence-corrected chi connectivity index (χ3v) is 3.58. The lowest BCUT2D eigenvalue weighted by Gasteiger charge is -2.26. The van der Waals surface area contributed by atoms with Crippen molar-refractivity contribution in [2.75, 3.05) is 23.4 Å². The molecule has 3 rings (SSSR count). The van der Waals surface area contributed by atoms with Crippen LogP contribution in [0.3, 0.4) is 0 Å². The number of hydrazone groups is 1. The summed E-state index contributed by atoms with van der Waals surface area (Å²) in [5, 5.41) is 4.31. The highest BCUT2D eigenvalue weighted by molar-refractivity contribution is 6.28. The first-order valence-corrected chi connectivity index (χ1v) is 7.70. The van der Waals surface area contributed by atoms with Gasteiger partial charge in [-0.25, -0.2) is 5.43 Å². The second kappa shape index (κ2) is 7.17. The maximum Gasteiger partial charge on any atom is 0.249 e. The number of piperidine rings is 1. The third-order valence-electron chi connectivity index (χ3n) is 3.41. The topological polar surface area (TPSA) is 66.3 Å². The molecule has 1 fully saturated rings. The van der Waals surface area contributed by atoms with E-state index in [1.54, 1.807) is 6.21 Å². The van der Waals surface area contributed by atoms with Gasteiger partial charge in [0.1, 0.15) is 0 Å². The molecule has 7 heteroatoms. The van der Waals surface area contributed by atoms with Gasteiger partial charge in [0.25, 0.3) is 0 Å².